The van der Waals surface area contributed by atoms with Gasteiger partial charge < -0.3 is 10.3 Å². The van der Waals surface area contributed by atoms with E-state index in [0.29, 0.717) is 20.3 Å². The van der Waals surface area contributed by atoms with Crippen LogP contribution in [0.25, 0.3) is 0 Å². The normalized spacial score (nSPS) is 18.2. The Kier molecular flexibility index (Phi) is 2.40. The van der Waals surface area contributed by atoms with Crippen LogP contribution < -0.4 is 5.06 Å². The van der Waals surface area contributed by atoms with Gasteiger partial charge in [-0.3, -0.25) is 0 Å². The van der Waals surface area contributed by atoms with E-state index in [0.717, 1.165) is 9.82 Å². The fraction of sp³-hybridized carbons (Fsp3) is 0.333. The Hall–Kier alpha value is -0.460. The van der Waals surface area contributed by atoms with Crippen LogP contribution in [0.1, 0.15) is 13.8 Å². The molecule has 0 atom stereocenters. The summed E-state index contributed by atoms with van der Waals surface area (Å²) in [6, 6.07) is 3.48. The number of nitrogens with zero attached hydrogens (tertiary/aromatic N) is 2. The Balaban J connectivity index is 2.78. The molecule has 0 unspecified atom stereocenters. The number of hydrogen-bond acceptors (Lipinski definition) is 3. The second-order valence-corrected chi connectivity index (χ2v) is 5.52. The summed E-state index contributed by atoms with van der Waals surface area (Å²) in [5.74, 6) is 0. The first-order chi connectivity index (χ1) is 6.87. The zero-order valence-corrected chi connectivity index (χ0v) is 11.3. The number of hydroxylamine groups is 1. The van der Waals surface area contributed by atoms with Crippen molar-refractivity contribution in [1.82, 2.24) is 0 Å². The molecule has 1 heterocycles. The molecule has 6 heteroatoms. The molecule has 0 N–H and O–H groups in total. The van der Waals surface area contributed by atoms with E-state index >= 15 is 0 Å². The van der Waals surface area contributed by atoms with E-state index in [4.69, 9.17) is 0 Å². The lowest BCUT2D eigenvalue weighted by Crippen LogP contribution is -2.41. The average molecular weight is 336 g/mol. The maximum absolute atomic E-state index is 11.9. The van der Waals surface area contributed by atoms with Crippen molar-refractivity contribution < 1.29 is 4.76 Å². The molecule has 0 aromatic heterocycles. The molecule has 80 valence electrons. The van der Waals surface area contributed by atoms with Crippen LogP contribution in [0.2, 0.25) is 0 Å². The van der Waals surface area contributed by atoms with Crippen molar-refractivity contribution in [3.63, 3.8) is 0 Å². The van der Waals surface area contributed by atoms with Crippen molar-refractivity contribution in [3.8, 4) is 0 Å². The van der Waals surface area contributed by atoms with Gasteiger partial charge in [-0.15, -0.1) is 0 Å². The topological polar surface area (TPSA) is 46.4 Å². The summed E-state index contributed by atoms with van der Waals surface area (Å²) in [4.78, 5) is 11.9. The maximum Gasteiger partial charge on any atom is 0.296 e. The predicted octanol–water partition coefficient (Wildman–Crippen LogP) is 3.68. The molecule has 0 aliphatic carbocycles. The quantitative estimate of drug-likeness (QED) is 0.679. The van der Waals surface area contributed by atoms with Crippen LogP contribution in [-0.2, 0) is 0 Å². The van der Waals surface area contributed by atoms with Gasteiger partial charge in [0.2, 0.25) is 0 Å². The van der Waals surface area contributed by atoms with Gasteiger partial charge in [0.25, 0.3) is 11.4 Å². The highest BCUT2D eigenvalue weighted by Gasteiger charge is 2.50. The molecule has 1 aliphatic heterocycles. The number of benzene rings is 1. The first kappa shape index (κ1) is 11.0. The molecule has 0 radical (unpaired) electrons. The summed E-state index contributed by atoms with van der Waals surface area (Å²) in [6.07, 6.45) is 0. The Bertz CT molecular complexity index is 460. The smallest absolute Gasteiger partial charge is 0.296 e. The maximum atomic E-state index is 11.9. The van der Waals surface area contributed by atoms with Crippen LogP contribution in [-0.4, -0.2) is 10.4 Å². The first-order valence-corrected chi connectivity index (χ1v) is 5.88. The summed E-state index contributed by atoms with van der Waals surface area (Å²) >= 11 is 6.55. The van der Waals surface area contributed by atoms with Crippen LogP contribution >= 0.6 is 31.9 Å². The number of halogens is 2. The van der Waals surface area contributed by atoms with Crippen LogP contribution in [0.4, 0.5) is 11.4 Å². The SMILES string of the molecule is CC1(C)N([O-])c2c(Br)ccc(Br)c2[N+]1=O. The second kappa shape index (κ2) is 3.26. The van der Waals surface area contributed by atoms with Crippen LogP contribution in [0.5, 0.6) is 0 Å². The largest absolute Gasteiger partial charge is 0.753 e. The monoisotopic (exact) mass is 334 g/mol. The fourth-order valence-corrected chi connectivity index (χ4v) is 2.51. The summed E-state index contributed by atoms with van der Waals surface area (Å²) in [5, 5.41) is 12.7. The van der Waals surface area contributed by atoms with Gasteiger partial charge in [-0.1, -0.05) is 0 Å². The van der Waals surface area contributed by atoms with E-state index in [1.807, 2.05) is 0 Å². The van der Waals surface area contributed by atoms with E-state index < -0.39 is 5.66 Å². The molecule has 2 rings (SSSR count). The minimum absolute atomic E-state index is 0.379. The minimum atomic E-state index is -1.10. The second-order valence-electron chi connectivity index (χ2n) is 3.81. The van der Waals surface area contributed by atoms with Crippen molar-refractivity contribution in [2.45, 2.75) is 19.5 Å². The van der Waals surface area contributed by atoms with Gasteiger partial charge in [-0.05, 0) is 44.0 Å². The zero-order chi connectivity index (χ0) is 11.4. The fourth-order valence-electron chi connectivity index (χ4n) is 1.55. The standard InChI is InChI=1S/C9H8Br2N2O2/c1-9(2)12(14)7-5(10)3-4-6(11)8(7)13(9)15/h3-4H,1-2H3. The third kappa shape index (κ3) is 1.35. The van der Waals surface area contributed by atoms with Crippen molar-refractivity contribution in [2.24, 2.45) is 0 Å². The molecule has 0 saturated heterocycles. The van der Waals surface area contributed by atoms with Gasteiger partial charge in [0.05, 0.1) is 9.23 Å². The van der Waals surface area contributed by atoms with Gasteiger partial charge in [0.1, 0.15) is 5.69 Å². The molecule has 4 nitrogen and oxygen atoms in total. The zero-order valence-electron chi connectivity index (χ0n) is 8.12. The summed E-state index contributed by atoms with van der Waals surface area (Å²) < 4.78 is 1.98. The molecule has 0 saturated carbocycles. The lowest BCUT2D eigenvalue weighted by Gasteiger charge is -2.31. The summed E-state index contributed by atoms with van der Waals surface area (Å²) in [6.45, 7) is 3.18. The third-order valence-electron chi connectivity index (χ3n) is 2.45. The van der Waals surface area contributed by atoms with E-state index in [2.05, 4.69) is 31.9 Å². The van der Waals surface area contributed by atoms with Crippen molar-refractivity contribution in [2.75, 3.05) is 5.06 Å². The van der Waals surface area contributed by atoms with Crippen molar-refractivity contribution in [1.29, 1.82) is 0 Å². The molecular weight excluding hydrogens is 328 g/mol. The highest BCUT2D eigenvalue weighted by molar-refractivity contribution is 9.11. The number of hydrogen-bond donors (Lipinski definition) is 0. The number of nitroso groups, excluding NO2 is 1. The van der Waals surface area contributed by atoms with E-state index in [1.165, 1.54) is 0 Å². The van der Waals surface area contributed by atoms with Crippen LogP contribution in [0.15, 0.2) is 21.1 Å². The van der Waals surface area contributed by atoms with Crippen molar-refractivity contribution >= 4 is 43.2 Å². The van der Waals surface area contributed by atoms with Gasteiger partial charge in [0.15, 0.2) is 0 Å². The van der Waals surface area contributed by atoms with Gasteiger partial charge in [-0.2, -0.15) is 0 Å². The molecular formula is C9H8Br2N2O2. The van der Waals surface area contributed by atoms with Crippen molar-refractivity contribution in [3.05, 3.63) is 31.2 Å². The summed E-state index contributed by atoms with van der Waals surface area (Å²) in [7, 11) is 0. The molecule has 1 aromatic carbocycles. The van der Waals surface area contributed by atoms with Gasteiger partial charge in [0, 0.05) is 23.2 Å². The third-order valence-corrected chi connectivity index (χ3v) is 3.73. The molecule has 0 amide bonds. The molecule has 1 aromatic rings. The Morgan fingerprint density at radius 2 is 1.87 bits per heavy atom. The average Bonchev–Trinajstić information content (AvgIpc) is 2.35. The minimum Gasteiger partial charge on any atom is -0.753 e. The molecule has 15 heavy (non-hydrogen) atoms. The van der Waals surface area contributed by atoms with Gasteiger partial charge in [-0.25, -0.2) is 0 Å². The Labute approximate surface area is 104 Å². The van der Waals surface area contributed by atoms with Crippen LogP contribution in [0, 0.1) is 10.1 Å². The lowest BCUT2D eigenvalue weighted by molar-refractivity contribution is -0.533. The van der Waals surface area contributed by atoms with E-state index in [9.17, 15) is 10.1 Å². The highest BCUT2D eigenvalue weighted by Crippen LogP contribution is 2.50. The predicted molar refractivity (Wildman–Crippen MR) is 65.1 cm³/mol. The summed E-state index contributed by atoms with van der Waals surface area (Å²) in [5.41, 5.74) is -0.344. The molecule has 0 spiro atoms. The molecule has 0 bridgehead atoms. The van der Waals surface area contributed by atoms with E-state index in [1.54, 1.807) is 26.0 Å². The number of fused-ring (bicyclic) bond motifs is 1. The Morgan fingerprint density at radius 3 is 2.40 bits per heavy atom. The first-order valence-electron chi connectivity index (χ1n) is 4.30. The number of rotatable bonds is 0. The van der Waals surface area contributed by atoms with E-state index in [-0.39, 0.29) is 0 Å². The highest BCUT2D eigenvalue weighted by atomic mass is 79.9. The number of anilines is 1. The molecule has 0 fully saturated rings. The lowest BCUT2D eigenvalue weighted by atomic mass is 10.2. The van der Waals surface area contributed by atoms with Crippen LogP contribution in [0.3, 0.4) is 0 Å². The molecule has 1 aliphatic rings. The Morgan fingerprint density at radius 1 is 1.33 bits per heavy atom. The van der Waals surface area contributed by atoms with Gasteiger partial charge >= 0.3 is 0 Å².